The maximum Gasteiger partial charge on any atom is 0.293 e. The molecule has 120 valence electrons. The summed E-state index contributed by atoms with van der Waals surface area (Å²) >= 11 is 0. The van der Waals surface area contributed by atoms with E-state index in [2.05, 4.69) is 23.9 Å². The Kier molecular flexibility index (Phi) is 11.2. The molecule has 0 aliphatic rings. The number of hydrogen-bond donors (Lipinski definition) is 1. The van der Waals surface area contributed by atoms with E-state index in [1.165, 1.54) is 12.2 Å². The highest BCUT2D eigenvalue weighted by molar-refractivity contribution is 5.80. The van der Waals surface area contributed by atoms with E-state index in [9.17, 15) is 9.59 Å². The van der Waals surface area contributed by atoms with Crippen molar-refractivity contribution in [2.75, 3.05) is 21.2 Å². The molecule has 1 amide bonds. The number of nitrogens with one attached hydrogen (secondary N) is 1. The molecule has 6 nitrogen and oxygen atoms in total. The molecule has 0 aliphatic heterocycles. The van der Waals surface area contributed by atoms with Crippen molar-refractivity contribution in [1.29, 1.82) is 0 Å². The van der Waals surface area contributed by atoms with Crippen LogP contribution in [0.3, 0.4) is 0 Å². The van der Waals surface area contributed by atoms with Gasteiger partial charge in [-0.05, 0) is 40.2 Å². The first-order valence-electron chi connectivity index (χ1n) is 6.69. The van der Waals surface area contributed by atoms with Gasteiger partial charge >= 0.3 is 0 Å². The molecule has 0 rings (SSSR count). The fourth-order valence-electron chi connectivity index (χ4n) is 1.27. The van der Waals surface area contributed by atoms with Gasteiger partial charge in [-0.15, -0.1) is 0 Å². The molecule has 20 heavy (non-hydrogen) atoms. The van der Waals surface area contributed by atoms with Crippen molar-refractivity contribution in [2.24, 2.45) is 5.92 Å². The lowest BCUT2D eigenvalue weighted by Crippen LogP contribution is -2.43. The summed E-state index contributed by atoms with van der Waals surface area (Å²) in [6.45, 7) is 10.1. The van der Waals surface area contributed by atoms with Gasteiger partial charge in [0.1, 0.15) is 5.60 Å². The highest BCUT2D eigenvalue weighted by Crippen LogP contribution is 2.06. The second-order valence-corrected chi connectivity index (χ2v) is 5.82. The summed E-state index contributed by atoms with van der Waals surface area (Å²) in [6, 6.07) is -0.148. The number of rotatable bonds is 6. The lowest BCUT2D eigenvalue weighted by molar-refractivity contribution is -0.171. The highest BCUT2D eigenvalue weighted by Gasteiger charge is 2.21. The minimum Gasteiger partial charge on any atom is -0.462 e. The quantitative estimate of drug-likeness (QED) is 0.594. The van der Waals surface area contributed by atoms with Gasteiger partial charge in [-0.2, -0.15) is 0 Å². The molecule has 0 fully saturated rings. The molecule has 0 saturated heterocycles. The van der Waals surface area contributed by atoms with Crippen LogP contribution in [-0.4, -0.2) is 50.3 Å². The van der Waals surface area contributed by atoms with Crippen molar-refractivity contribution in [3.05, 3.63) is 0 Å². The van der Waals surface area contributed by atoms with Gasteiger partial charge in [0.25, 0.3) is 12.4 Å². The van der Waals surface area contributed by atoms with E-state index in [1.54, 1.807) is 14.1 Å². The smallest absolute Gasteiger partial charge is 0.293 e. The van der Waals surface area contributed by atoms with Gasteiger partial charge in [-0.1, -0.05) is 13.8 Å². The van der Waals surface area contributed by atoms with Crippen LogP contribution in [0.1, 0.15) is 41.0 Å². The Morgan fingerprint density at radius 2 is 1.85 bits per heavy atom. The molecule has 0 aliphatic carbocycles. The Labute approximate surface area is 122 Å². The third-order valence-corrected chi connectivity index (χ3v) is 2.34. The number of hydroxylamine groups is 2. The molecule has 0 aromatic rings. The maximum atomic E-state index is 11.6. The van der Waals surface area contributed by atoms with Crippen molar-refractivity contribution >= 4 is 12.4 Å². The Balaban J connectivity index is 0. The first-order chi connectivity index (χ1) is 9.08. The fourth-order valence-corrected chi connectivity index (χ4v) is 1.27. The topological polar surface area (TPSA) is 67.9 Å². The van der Waals surface area contributed by atoms with Crippen LogP contribution in [-0.2, 0) is 19.2 Å². The summed E-state index contributed by atoms with van der Waals surface area (Å²) < 4.78 is 4.55. The molecule has 0 saturated carbocycles. The summed E-state index contributed by atoms with van der Waals surface area (Å²) in [4.78, 5) is 26.0. The summed E-state index contributed by atoms with van der Waals surface area (Å²) in [5.41, 5.74) is -0.318. The van der Waals surface area contributed by atoms with E-state index in [0.717, 1.165) is 6.42 Å². The average Bonchev–Trinajstić information content (AvgIpc) is 2.33. The summed E-state index contributed by atoms with van der Waals surface area (Å²) in [6.07, 6.45) is 0.822. The zero-order valence-corrected chi connectivity index (χ0v) is 14.0. The molecule has 0 aromatic carbocycles. The third kappa shape index (κ3) is 11.9. The van der Waals surface area contributed by atoms with Crippen molar-refractivity contribution in [2.45, 2.75) is 52.7 Å². The molecular formula is C14H30N2O4. The molecule has 0 bridgehead atoms. The number of carbonyl (C=O) groups is 2. The molecule has 0 heterocycles. The van der Waals surface area contributed by atoms with Crippen LogP contribution in [0.4, 0.5) is 0 Å². The van der Waals surface area contributed by atoms with Gasteiger partial charge < -0.3 is 10.1 Å². The van der Waals surface area contributed by atoms with E-state index in [4.69, 9.17) is 4.84 Å². The van der Waals surface area contributed by atoms with Gasteiger partial charge in [-0.25, -0.2) is 5.06 Å². The highest BCUT2D eigenvalue weighted by atomic mass is 16.7. The summed E-state index contributed by atoms with van der Waals surface area (Å²) in [5, 5.41) is 4.23. The fraction of sp³-hybridized carbons (Fsp3) is 0.857. The van der Waals surface area contributed by atoms with Gasteiger partial charge in [0.05, 0.1) is 13.2 Å². The standard InChI is InChI=1S/C9H20N2O2.C5H10O2/c1-7(2)6-8(10-3)9(12)11(4)13-5;1-5(2,3)7-4-6/h7-8,10H,6H2,1-5H3;4H,1-3H3. The number of likely N-dealkylation sites (N-methyl/N-ethyl adjacent to an activating group) is 2. The van der Waals surface area contributed by atoms with Crippen LogP contribution in [0.5, 0.6) is 0 Å². The van der Waals surface area contributed by atoms with Crippen molar-refractivity contribution in [3.8, 4) is 0 Å². The van der Waals surface area contributed by atoms with Gasteiger partial charge in [0, 0.05) is 7.05 Å². The number of ether oxygens (including phenoxy) is 1. The van der Waals surface area contributed by atoms with E-state index >= 15 is 0 Å². The Morgan fingerprint density at radius 3 is 2.05 bits per heavy atom. The number of amides is 1. The number of nitrogens with zero attached hydrogens (tertiary/aromatic N) is 1. The Morgan fingerprint density at radius 1 is 1.35 bits per heavy atom. The second-order valence-electron chi connectivity index (χ2n) is 5.82. The SMILES string of the molecule is CC(C)(C)OC=O.CNC(CC(C)C)C(=O)N(C)OC. The zero-order valence-electron chi connectivity index (χ0n) is 14.0. The van der Waals surface area contributed by atoms with E-state index in [1.807, 2.05) is 20.8 Å². The third-order valence-electron chi connectivity index (χ3n) is 2.34. The lowest BCUT2D eigenvalue weighted by atomic mass is 10.0. The average molecular weight is 290 g/mol. The molecule has 1 N–H and O–H groups in total. The minimum atomic E-state index is -0.318. The van der Waals surface area contributed by atoms with Crippen LogP contribution in [0.15, 0.2) is 0 Å². The van der Waals surface area contributed by atoms with Crippen molar-refractivity contribution in [1.82, 2.24) is 10.4 Å². The largest absolute Gasteiger partial charge is 0.462 e. The monoisotopic (exact) mass is 290 g/mol. The van der Waals surface area contributed by atoms with Crippen LogP contribution in [0, 0.1) is 5.92 Å². The Hall–Kier alpha value is -1.14. The predicted molar refractivity (Wildman–Crippen MR) is 79.0 cm³/mol. The summed E-state index contributed by atoms with van der Waals surface area (Å²) in [7, 11) is 4.89. The molecule has 1 unspecified atom stereocenters. The van der Waals surface area contributed by atoms with Gasteiger partial charge in [0.15, 0.2) is 0 Å². The molecule has 0 radical (unpaired) electrons. The number of carbonyl (C=O) groups excluding carboxylic acids is 2. The van der Waals surface area contributed by atoms with Crippen molar-refractivity contribution in [3.63, 3.8) is 0 Å². The molecule has 0 spiro atoms. The van der Waals surface area contributed by atoms with Crippen LogP contribution < -0.4 is 5.32 Å². The first-order valence-corrected chi connectivity index (χ1v) is 6.69. The Bertz CT molecular complexity index is 275. The molecule has 1 atom stereocenters. The number of hydrogen-bond acceptors (Lipinski definition) is 5. The molecular weight excluding hydrogens is 260 g/mol. The van der Waals surface area contributed by atoms with E-state index in [-0.39, 0.29) is 17.6 Å². The molecule has 0 aromatic heterocycles. The van der Waals surface area contributed by atoms with E-state index in [0.29, 0.717) is 12.4 Å². The van der Waals surface area contributed by atoms with Crippen LogP contribution in [0.2, 0.25) is 0 Å². The minimum absolute atomic E-state index is 0.0290. The molecule has 6 heteroatoms. The van der Waals surface area contributed by atoms with Crippen LogP contribution >= 0.6 is 0 Å². The van der Waals surface area contributed by atoms with Gasteiger partial charge in [-0.3, -0.25) is 14.4 Å². The normalized spacial score (nSPS) is 12.2. The maximum absolute atomic E-state index is 11.6. The predicted octanol–water partition coefficient (Wildman–Crippen LogP) is 1.60. The second kappa shape index (κ2) is 10.6. The zero-order chi connectivity index (χ0) is 16.3. The summed E-state index contributed by atoms with van der Waals surface area (Å²) in [5.74, 6) is 0.463. The van der Waals surface area contributed by atoms with E-state index < -0.39 is 0 Å². The van der Waals surface area contributed by atoms with Crippen molar-refractivity contribution < 1.29 is 19.2 Å². The lowest BCUT2D eigenvalue weighted by Gasteiger charge is -2.22. The van der Waals surface area contributed by atoms with Crippen LogP contribution in [0.25, 0.3) is 0 Å². The first kappa shape index (κ1) is 21.2. The van der Waals surface area contributed by atoms with Gasteiger partial charge in [0.2, 0.25) is 0 Å².